The van der Waals surface area contributed by atoms with Gasteiger partial charge in [-0.25, -0.2) is 9.78 Å². The predicted octanol–water partition coefficient (Wildman–Crippen LogP) is 2.53. The molecule has 1 aliphatic carbocycles. The van der Waals surface area contributed by atoms with Crippen molar-refractivity contribution in [3.05, 3.63) is 40.9 Å². The molecule has 4 rings (SSSR count). The van der Waals surface area contributed by atoms with Gasteiger partial charge >= 0.3 is 6.03 Å². The predicted molar refractivity (Wildman–Crippen MR) is 111 cm³/mol. The molecule has 2 fully saturated rings. The zero-order valence-corrected chi connectivity index (χ0v) is 16.8. The van der Waals surface area contributed by atoms with Crippen LogP contribution in [0.4, 0.5) is 15.6 Å². The molecule has 1 saturated carbocycles. The molecule has 3 N–H and O–H groups in total. The number of aromatic nitrogens is 1. The van der Waals surface area contributed by atoms with E-state index < -0.39 is 0 Å². The van der Waals surface area contributed by atoms with Gasteiger partial charge in [0.2, 0.25) is 5.91 Å². The van der Waals surface area contributed by atoms with Crippen molar-refractivity contribution in [1.29, 1.82) is 0 Å². The highest BCUT2D eigenvalue weighted by Crippen LogP contribution is 2.22. The fourth-order valence-corrected chi connectivity index (χ4v) is 4.42. The molecule has 9 heteroatoms. The topological polar surface area (TPSA) is 103 Å². The van der Waals surface area contributed by atoms with Crippen molar-refractivity contribution < 1.29 is 14.4 Å². The number of hydrogen-bond donors (Lipinski definition) is 3. The zero-order valence-electron chi connectivity index (χ0n) is 15.9. The molecule has 29 heavy (non-hydrogen) atoms. The van der Waals surface area contributed by atoms with Crippen LogP contribution in [0.2, 0.25) is 0 Å². The summed E-state index contributed by atoms with van der Waals surface area (Å²) in [5.41, 5.74) is 1.83. The second-order valence-electron chi connectivity index (χ2n) is 7.26. The van der Waals surface area contributed by atoms with E-state index in [2.05, 4.69) is 20.9 Å². The first-order valence-corrected chi connectivity index (χ1v) is 10.7. The number of thiazole rings is 1. The molecule has 0 bridgehead atoms. The number of hydrogen-bond acceptors (Lipinski definition) is 5. The van der Waals surface area contributed by atoms with Gasteiger partial charge in [0.05, 0.1) is 12.1 Å². The van der Waals surface area contributed by atoms with Crippen molar-refractivity contribution in [1.82, 2.24) is 15.6 Å². The SMILES string of the molecule is O=C(Cc1csc(N2CCNC2=O)n1)Nc1ccc(C(=O)NC2CCCC2)cc1. The standard InChI is InChI=1S/C20H23N5O3S/c26-17(11-16-12-29-20(24-16)25-10-9-21-19(25)28)22-15-7-5-13(6-8-15)18(27)23-14-3-1-2-4-14/h5-8,12,14H,1-4,9-11H2,(H,21,28)(H,22,26)(H,23,27). The van der Waals surface area contributed by atoms with Gasteiger partial charge in [-0.2, -0.15) is 0 Å². The van der Waals surface area contributed by atoms with E-state index in [0.717, 1.165) is 12.8 Å². The first kappa shape index (κ1) is 19.4. The van der Waals surface area contributed by atoms with E-state index in [4.69, 9.17) is 0 Å². The van der Waals surface area contributed by atoms with E-state index in [-0.39, 0.29) is 30.3 Å². The monoisotopic (exact) mass is 413 g/mol. The number of nitrogens with zero attached hydrogens (tertiary/aromatic N) is 2. The van der Waals surface area contributed by atoms with Crippen LogP contribution in [0, 0.1) is 0 Å². The Hall–Kier alpha value is -2.94. The quantitative estimate of drug-likeness (QED) is 0.677. The molecule has 1 aromatic carbocycles. The molecular formula is C20H23N5O3S. The number of carbonyl (C=O) groups is 3. The molecule has 0 atom stereocenters. The van der Waals surface area contributed by atoms with E-state index in [1.165, 1.54) is 24.2 Å². The second-order valence-corrected chi connectivity index (χ2v) is 8.10. The lowest BCUT2D eigenvalue weighted by molar-refractivity contribution is -0.115. The summed E-state index contributed by atoms with van der Waals surface area (Å²) in [5, 5.41) is 11.0. The lowest BCUT2D eigenvalue weighted by atomic mass is 10.1. The van der Waals surface area contributed by atoms with Crippen LogP contribution in [0.3, 0.4) is 0 Å². The summed E-state index contributed by atoms with van der Waals surface area (Å²) in [7, 11) is 0. The maximum absolute atomic E-state index is 12.3. The van der Waals surface area contributed by atoms with E-state index in [1.807, 2.05) is 0 Å². The third kappa shape index (κ3) is 4.73. The molecule has 2 heterocycles. The Kier molecular flexibility index (Phi) is 5.75. The van der Waals surface area contributed by atoms with Crippen molar-refractivity contribution in [3.63, 3.8) is 0 Å². The minimum Gasteiger partial charge on any atom is -0.349 e. The van der Waals surface area contributed by atoms with Crippen molar-refractivity contribution in [2.24, 2.45) is 0 Å². The zero-order chi connectivity index (χ0) is 20.2. The van der Waals surface area contributed by atoms with Crippen molar-refractivity contribution in [2.45, 2.75) is 38.1 Å². The summed E-state index contributed by atoms with van der Waals surface area (Å²) >= 11 is 1.35. The summed E-state index contributed by atoms with van der Waals surface area (Å²) in [6, 6.07) is 6.99. The van der Waals surface area contributed by atoms with E-state index in [9.17, 15) is 14.4 Å². The molecule has 1 saturated heterocycles. The van der Waals surface area contributed by atoms with Crippen LogP contribution in [-0.2, 0) is 11.2 Å². The van der Waals surface area contributed by atoms with Gasteiger partial charge < -0.3 is 16.0 Å². The highest BCUT2D eigenvalue weighted by Gasteiger charge is 2.24. The molecule has 2 aliphatic rings. The van der Waals surface area contributed by atoms with Crippen LogP contribution >= 0.6 is 11.3 Å². The molecule has 0 unspecified atom stereocenters. The Morgan fingerprint density at radius 3 is 2.66 bits per heavy atom. The number of anilines is 2. The summed E-state index contributed by atoms with van der Waals surface area (Å²) in [5.74, 6) is -0.272. The Morgan fingerprint density at radius 2 is 1.97 bits per heavy atom. The minimum atomic E-state index is -0.198. The summed E-state index contributed by atoms with van der Waals surface area (Å²) in [6.07, 6.45) is 4.54. The van der Waals surface area contributed by atoms with Gasteiger partial charge in [0.25, 0.3) is 5.91 Å². The number of rotatable bonds is 6. The van der Waals surface area contributed by atoms with Gasteiger partial charge in [-0.3, -0.25) is 14.5 Å². The average molecular weight is 414 g/mol. The molecule has 2 aromatic rings. The van der Waals surface area contributed by atoms with Gasteiger partial charge in [-0.1, -0.05) is 12.8 Å². The molecule has 0 spiro atoms. The Bertz CT molecular complexity index is 905. The van der Waals surface area contributed by atoms with Crippen LogP contribution in [0.25, 0.3) is 0 Å². The Balaban J connectivity index is 1.30. The summed E-state index contributed by atoms with van der Waals surface area (Å²) in [4.78, 5) is 42.2. The third-order valence-electron chi connectivity index (χ3n) is 5.09. The number of carbonyl (C=O) groups excluding carboxylic acids is 3. The van der Waals surface area contributed by atoms with Gasteiger partial charge in [0.15, 0.2) is 5.13 Å². The normalized spacial score (nSPS) is 16.7. The first-order chi connectivity index (χ1) is 14.1. The fraction of sp³-hybridized carbons (Fsp3) is 0.400. The Morgan fingerprint density at radius 1 is 1.21 bits per heavy atom. The molecule has 8 nitrogen and oxygen atoms in total. The number of urea groups is 1. The maximum Gasteiger partial charge on any atom is 0.323 e. The van der Waals surface area contributed by atoms with Crippen LogP contribution in [0.15, 0.2) is 29.6 Å². The summed E-state index contributed by atoms with van der Waals surface area (Å²) in [6.45, 7) is 1.18. The summed E-state index contributed by atoms with van der Waals surface area (Å²) < 4.78 is 0. The largest absolute Gasteiger partial charge is 0.349 e. The highest BCUT2D eigenvalue weighted by molar-refractivity contribution is 7.14. The molecule has 1 aromatic heterocycles. The lowest BCUT2D eigenvalue weighted by Gasteiger charge is -2.12. The van der Waals surface area contributed by atoms with Crippen molar-refractivity contribution >= 4 is 40.0 Å². The lowest BCUT2D eigenvalue weighted by Crippen LogP contribution is -2.32. The molecule has 4 amide bonds. The molecule has 0 radical (unpaired) electrons. The number of benzene rings is 1. The van der Waals surface area contributed by atoms with Gasteiger partial charge in [-0.05, 0) is 37.1 Å². The smallest absolute Gasteiger partial charge is 0.323 e. The molecular weight excluding hydrogens is 390 g/mol. The van der Waals surface area contributed by atoms with Crippen LogP contribution < -0.4 is 20.9 Å². The van der Waals surface area contributed by atoms with Crippen molar-refractivity contribution in [2.75, 3.05) is 23.3 Å². The van der Waals surface area contributed by atoms with Crippen LogP contribution in [0.1, 0.15) is 41.7 Å². The Labute approximate surface area is 172 Å². The minimum absolute atomic E-state index is 0.0734. The van der Waals surface area contributed by atoms with E-state index in [0.29, 0.717) is 35.2 Å². The highest BCUT2D eigenvalue weighted by atomic mass is 32.1. The van der Waals surface area contributed by atoms with Crippen molar-refractivity contribution in [3.8, 4) is 0 Å². The molecule has 152 valence electrons. The first-order valence-electron chi connectivity index (χ1n) is 9.79. The van der Waals surface area contributed by atoms with E-state index in [1.54, 1.807) is 34.5 Å². The van der Waals surface area contributed by atoms with Crippen LogP contribution in [0.5, 0.6) is 0 Å². The third-order valence-corrected chi connectivity index (χ3v) is 6.00. The van der Waals surface area contributed by atoms with Gasteiger partial charge in [-0.15, -0.1) is 11.3 Å². The number of amides is 4. The van der Waals surface area contributed by atoms with Gasteiger partial charge in [0.1, 0.15) is 0 Å². The fourth-order valence-electron chi connectivity index (χ4n) is 3.57. The van der Waals surface area contributed by atoms with E-state index >= 15 is 0 Å². The second kappa shape index (κ2) is 8.60. The number of nitrogens with one attached hydrogen (secondary N) is 3. The maximum atomic E-state index is 12.3. The van der Waals surface area contributed by atoms with Crippen LogP contribution in [-0.4, -0.2) is 42.0 Å². The average Bonchev–Trinajstić information content (AvgIpc) is 3.45. The molecule has 1 aliphatic heterocycles. The van der Waals surface area contributed by atoms with Gasteiger partial charge in [0, 0.05) is 35.8 Å².